The van der Waals surface area contributed by atoms with Crippen LogP contribution in [0.3, 0.4) is 0 Å². The minimum Gasteiger partial charge on any atom is -0.477 e. The zero-order valence-corrected chi connectivity index (χ0v) is 9.35. The molecular formula is C9H18N2O6. The van der Waals surface area contributed by atoms with Crippen LogP contribution >= 0.6 is 0 Å². The summed E-state index contributed by atoms with van der Waals surface area (Å²) in [5.41, 5.74) is 11.2. The van der Waals surface area contributed by atoms with Gasteiger partial charge >= 0.3 is 5.97 Å². The maximum absolute atomic E-state index is 10.8. The molecule has 8 N–H and O–H groups in total. The molecule has 1 saturated heterocycles. The standard InChI is InChI=1S/C9H18N2O6/c1-3(12)5(10)7-6(11)4(13)2-9(16,17-7)8(14)15/h3-7,12-13,16H,2,10-11H2,1H3,(H,14,15)/t3-,4+,5-,6-,7+,9?/m1/s1. The Morgan fingerprint density at radius 3 is 2.53 bits per heavy atom. The quantitative estimate of drug-likeness (QED) is 0.308. The average Bonchev–Trinajstić information content (AvgIpc) is 2.22. The van der Waals surface area contributed by atoms with Crippen LogP contribution in [0.1, 0.15) is 13.3 Å². The second-order valence-electron chi connectivity index (χ2n) is 4.34. The Morgan fingerprint density at radius 1 is 1.59 bits per heavy atom. The average molecular weight is 250 g/mol. The van der Waals surface area contributed by atoms with Gasteiger partial charge in [0.25, 0.3) is 5.79 Å². The molecule has 0 aliphatic carbocycles. The van der Waals surface area contributed by atoms with E-state index in [0.717, 1.165) is 0 Å². The van der Waals surface area contributed by atoms with Crippen molar-refractivity contribution in [3.05, 3.63) is 0 Å². The van der Waals surface area contributed by atoms with E-state index in [4.69, 9.17) is 21.3 Å². The third kappa shape index (κ3) is 2.73. The van der Waals surface area contributed by atoms with Crippen molar-refractivity contribution in [2.24, 2.45) is 11.5 Å². The van der Waals surface area contributed by atoms with Crippen LogP contribution in [0.5, 0.6) is 0 Å². The number of nitrogens with two attached hydrogens (primary N) is 2. The molecular weight excluding hydrogens is 232 g/mol. The number of hydrogen-bond acceptors (Lipinski definition) is 7. The van der Waals surface area contributed by atoms with Crippen LogP contribution in [0.15, 0.2) is 0 Å². The van der Waals surface area contributed by atoms with Crippen molar-refractivity contribution in [2.45, 2.75) is 49.5 Å². The lowest BCUT2D eigenvalue weighted by atomic mass is 9.89. The fraction of sp³-hybridized carbons (Fsp3) is 0.889. The summed E-state index contributed by atoms with van der Waals surface area (Å²) in [5.74, 6) is -4.17. The molecule has 8 heteroatoms. The summed E-state index contributed by atoms with van der Waals surface area (Å²) in [6.45, 7) is 1.38. The number of aliphatic hydroxyl groups is 3. The third-order valence-corrected chi connectivity index (χ3v) is 2.91. The van der Waals surface area contributed by atoms with Gasteiger partial charge in [0.15, 0.2) is 0 Å². The highest BCUT2D eigenvalue weighted by Crippen LogP contribution is 2.28. The maximum Gasteiger partial charge on any atom is 0.364 e. The number of carboxylic acid groups (broad SMARTS) is 1. The monoisotopic (exact) mass is 250 g/mol. The van der Waals surface area contributed by atoms with Gasteiger partial charge in [-0.2, -0.15) is 0 Å². The van der Waals surface area contributed by atoms with E-state index in [2.05, 4.69) is 0 Å². The molecule has 0 saturated carbocycles. The molecule has 1 unspecified atom stereocenters. The Labute approximate surface area is 97.8 Å². The molecule has 0 amide bonds. The van der Waals surface area contributed by atoms with Gasteiger partial charge in [-0.3, -0.25) is 0 Å². The molecule has 100 valence electrons. The smallest absolute Gasteiger partial charge is 0.364 e. The highest BCUT2D eigenvalue weighted by atomic mass is 16.7. The summed E-state index contributed by atoms with van der Waals surface area (Å²) in [5, 5.41) is 37.4. The fourth-order valence-corrected chi connectivity index (χ4v) is 1.74. The fourth-order valence-electron chi connectivity index (χ4n) is 1.74. The second kappa shape index (κ2) is 4.84. The van der Waals surface area contributed by atoms with E-state index >= 15 is 0 Å². The van der Waals surface area contributed by atoms with E-state index in [1.807, 2.05) is 0 Å². The first-order valence-electron chi connectivity index (χ1n) is 5.20. The van der Waals surface area contributed by atoms with Crippen LogP contribution in [-0.2, 0) is 9.53 Å². The summed E-state index contributed by atoms with van der Waals surface area (Å²) < 4.78 is 4.93. The molecule has 1 aliphatic heterocycles. The molecule has 1 fully saturated rings. The number of hydrogen-bond donors (Lipinski definition) is 6. The van der Waals surface area contributed by atoms with Gasteiger partial charge in [0.2, 0.25) is 0 Å². The number of carboxylic acids is 1. The van der Waals surface area contributed by atoms with Gasteiger partial charge in [0, 0.05) is 6.42 Å². The van der Waals surface area contributed by atoms with Gasteiger partial charge in [0.1, 0.15) is 0 Å². The van der Waals surface area contributed by atoms with Gasteiger partial charge in [0.05, 0.1) is 30.4 Å². The number of ether oxygens (including phenoxy) is 1. The minimum atomic E-state index is -2.54. The summed E-state index contributed by atoms with van der Waals surface area (Å²) in [6, 6.07) is -1.98. The third-order valence-electron chi connectivity index (χ3n) is 2.91. The van der Waals surface area contributed by atoms with Crippen molar-refractivity contribution in [3.8, 4) is 0 Å². The molecule has 0 aromatic heterocycles. The highest BCUT2D eigenvalue weighted by molar-refractivity contribution is 5.75. The Bertz CT molecular complexity index is 295. The molecule has 0 bridgehead atoms. The SMILES string of the molecule is C[C@@H](O)[C@@H](N)[C@@H]1OC(O)(C(=O)O)C[C@H](O)[C@H]1N. The summed E-state index contributed by atoms with van der Waals surface area (Å²) in [4.78, 5) is 10.8. The molecule has 0 spiro atoms. The largest absolute Gasteiger partial charge is 0.477 e. The zero-order chi connectivity index (χ0) is 13.4. The van der Waals surface area contributed by atoms with Crippen LogP contribution in [-0.4, -0.2) is 62.6 Å². The van der Waals surface area contributed by atoms with Crippen LogP contribution in [0.4, 0.5) is 0 Å². The molecule has 1 aliphatic rings. The number of rotatable bonds is 3. The molecule has 8 nitrogen and oxygen atoms in total. The first kappa shape index (κ1) is 14.3. The van der Waals surface area contributed by atoms with E-state index in [0.29, 0.717) is 0 Å². The topological polar surface area (TPSA) is 159 Å². The maximum atomic E-state index is 10.8. The van der Waals surface area contributed by atoms with Crippen molar-refractivity contribution in [1.82, 2.24) is 0 Å². The van der Waals surface area contributed by atoms with Crippen LogP contribution in [0.25, 0.3) is 0 Å². The van der Waals surface area contributed by atoms with E-state index < -0.39 is 48.6 Å². The van der Waals surface area contributed by atoms with Gasteiger partial charge in [-0.15, -0.1) is 0 Å². The van der Waals surface area contributed by atoms with Gasteiger partial charge in [-0.25, -0.2) is 4.79 Å². The lowest BCUT2D eigenvalue weighted by Crippen LogP contribution is -2.66. The Morgan fingerprint density at radius 2 is 2.12 bits per heavy atom. The predicted molar refractivity (Wildman–Crippen MR) is 55.7 cm³/mol. The highest BCUT2D eigenvalue weighted by Gasteiger charge is 2.51. The Balaban J connectivity index is 2.93. The van der Waals surface area contributed by atoms with Crippen molar-refractivity contribution in [1.29, 1.82) is 0 Å². The number of carbonyl (C=O) groups is 1. The minimum absolute atomic E-state index is 0.549. The summed E-state index contributed by atoms with van der Waals surface area (Å²) >= 11 is 0. The number of aliphatic carboxylic acids is 1. The second-order valence-corrected chi connectivity index (χ2v) is 4.34. The van der Waals surface area contributed by atoms with Gasteiger partial charge in [-0.05, 0) is 6.92 Å². The zero-order valence-electron chi connectivity index (χ0n) is 9.35. The molecule has 1 heterocycles. The van der Waals surface area contributed by atoms with E-state index in [-0.39, 0.29) is 0 Å². The van der Waals surface area contributed by atoms with Crippen molar-refractivity contribution < 1.29 is 30.0 Å². The Kier molecular flexibility index (Phi) is 4.07. The first-order chi connectivity index (χ1) is 7.69. The van der Waals surface area contributed by atoms with Crippen molar-refractivity contribution in [2.75, 3.05) is 0 Å². The summed E-state index contributed by atoms with van der Waals surface area (Å²) in [7, 11) is 0. The van der Waals surface area contributed by atoms with Crippen LogP contribution < -0.4 is 11.5 Å². The van der Waals surface area contributed by atoms with Crippen molar-refractivity contribution in [3.63, 3.8) is 0 Å². The van der Waals surface area contributed by atoms with Gasteiger partial charge < -0.3 is 36.6 Å². The molecule has 0 aromatic rings. The van der Waals surface area contributed by atoms with E-state index in [1.165, 1.54) is 6.92 Å². The lowest BCUT2D eigenvalue weighted by molar-refractivity contribution is -0.279. The first-order valence-corrected chi connectivity index (χ1v) is 5.20. The normalized spacial score (nSPS) is 41.9. The van der Waals surface area contributed by atoms with E-state index in [9.17, 15) is 20.1 Å². The number of aliphatic hydroxyl groups excluding tert-OH is 2. The van der Waals surface area contributed by atoms with Crippen molar-refractivity contribution >= 4 is 5.97 Å². The molecule has 0 radical (unpaired) electrons. The molecule has 1 rings (SSSR count). The molecule has 6 atom stereocenters. The van der Waals surface area contributed by atoms with Crippen LogP contribution in [0, 0.1) is 0 Å². The summed E-state index contributed by atoms with van der Waals surface area (Å²) in [6.07, 6.45) is -4.00. The lowest BCUT2D eigenvalue weighted by Gasteiger charge is -2.43. The van der Waals surface area contributed by atoms with E-state index in [1.54, 1.807) is 0 Å². The van der Waals surface area contributed by atoms with Crippen LogP contribution in [0.2, 0.25) is 0 Å². The Hall–Kier alpha value is -0.770. The predicted octanol–water partition coefficient (Wildman–Crippen LogP) is -3.06. The molecule has 17 heavy (non-hydrogen) atoms. The van der Waals surface area contributed by atoms with Gasteiger partial charge in [-0.1, -0.05) is 0 Å². The molecule has 0 aromatic carbocycles.